The predicted molar refractivity (Wildman–Crippen MR) is 50.7 cm³/mol. The quantitative estimate of drug-likeness (QED) is 0.680. The van der Waals surface area contributed by atoms with Gasteiger partial charge in [0.1, 0.15) is 10.0 Å². The molecule has 3 nitrogen and oxygen atoms in total. The third kappa shape index (κ3) is 4.09. The topological polar surface area (TPSA) is 48.2 Å². The molecular weight excluding hydrogens is 281 g/mol. The minimum Gasteiger partial charge on any atom is -0.480 e. The van der Waals surface area contributed by atoms with Gasteiger partial charge in [-0.3, -0.25) is 0 Å². The molecule has 66 valence electrons. The van der Waals surface area contributed by atoms with E-state index in [4.69, 9.17) is 0 Å². The van der Waals surface area contributed by atoms with E-state index in [2.05, 4.69) is 19.9 Å². The fraction of sp³-hybridized carbons (Fsp3) is 0.143. The Morgan fingerprint density at radius 1 is 1.23 bits per heavy atom. The van der Waals surface area contributed by atoms with E-state index in [0.29, 0.717) is 0 Å². The Hall–Kier alpha value is 1.25. The van der Waals surface area contributed by atoms with Crippen molar-refractivity contribution in [2.75, 3.05) is 0 Å². The first kappa shape index (κ1) is 14.2. The molecule has 1 aromatic carbocycles. The number of hydrogen-bond donors (Lipinski definition) is 0. The summed E-state index contributed by atoms with van der Waals surface area (Å²) in [6, 6.07) is 6.50. The van der Waals surface area contributed by atoms with Crippen LogP contribution in [0.1, 0.15) is 5.56 Å². The van der Waals surface area contributed by atoms with E-state index >= 15 is 0 Å². The van der Waals surface area contributed by atoms with E-state index in [9.17, 15) is 8.42 Å². The van der Waals surface area contributed by atoms with E-state index < -0.39 is 10.0 Å². The van der Waals surface area contributed by atoms with Gasteiger partial charge in [0.15, 0.2) is 0 Å². The minimum atomic E-state index is -3.47. The number of halogens is 1. The van der Waals surface area contributed by atoms with Gasteiger partial charge in [-0.05, 0) is 19.1 Å². The molecule has 13 heavy (non-hydrogen) atoms. The molecule has 0 saturated heterocycles. The third-order valence-corrected chi connectivity index (χ3v) is 3.60. The van der Waals surface area contributed by atoms with Gasteiger partial charge in [0.05, 0.1) is 0 Å². The van der Waals surface area contributed by atoms with Crippen molar-refractivity contribution in [3.8, 4) is 0 Å². The van der Waals surface area contributed by atoms with Crippen LogP contribution in [0.4, 0.5) is 0 Å². The van der Waals surface area contributed by atoms with E-state index in [-0.39, 0.29) is 56.3 Å². The molecule has 0 aliphatic rings. The van der Waals surface area contributed by atoms with Gasteiger partial charge in [-0.25, -0.2) is 24.6 Å². The van der Waals surface area contributed by atoms with Gasteiger partial charge in [-0.2, -0.15) is 0 Å². The van der Waals surface area contributed by atoms with Crippen LogP contribution in [0, 0.1) is 6.92 Å². The number of hydrogen-bond acceptors (Lipinski definition) is 2. The molecule has 0 spiro atoms. The summed E-state index contributed by atoms with van der Waals surface area (Å²) in [6.45, 7) is 1.89. The largest absolute Gasteiger partial charge is 1.00 e. The van der Waals surface area contributed by atoms with Crippen LogP contribution < -0.4 is 51.4 Å². The maximum Gasteiger partial charge on any atom is 1.00 e. The van der Waals surface area contributed by atoms with Crippen LogP contribution in [0.3, 0.4) is 0 Å². The molecule has 6 heteroatoms. The van der Waals surface area contributed by atoms with Crippen molar-refractivity contribution < 1.29 is 59.8 Å². The SMILES string of the molecule is Cc1ccc(S(=O)(=O)[N-]Br)cc1.[K+]. The van der Waals surface area contributed by atoms with Crippen molar-refractivity contribution in [1.29, 1.82) is 0 Å². The summed E-state index contributed by atoms with van der Waals surface area (Å²) < 4.78 is 25.3. The molecule has 0 N–H and O–H groups in total. The van der Waals surface area contributed by atoms with Crippen molar-refractivity contribution >= 4 is 26.2 Å². The number of benzene rings is 1. The molecule has 0 aliphatic heterocycles. The maximum atomic E-state index is 11.1. The zero-order valence-corrected chi connectivity index (χ0v) is 12.9. The summed E-state index contributed by atoms with van der Waals surface area (Å²) in [4.78, 5) is 0.199. The van der Waals surface area contributed by atoms with Crippen molar-refractivity contribution in [2.45, 2.75) is 11.8 Å². The standard InChI is InChI=1S/C7H7BrNO2S.K/c1-6-2-4-7(5-3-6)12(10,11)9-8;/h2-5H,1H3;/q-1;+1. The van der Waals surface area contributed by atoms with Crippen molar-refractivity contribution in [1.82, 2.24) is 0 Å². The van der Waals surface area contributed by atoms with E-state index in [1.54, 1.807) is 12.1 Å². The summed E-state index contributed by atoms with van der Waals surface area (Å²) in [5.74, 6) is 0. The minimum absolute atomic E-state index is 0. The molecule has 1 rings (SSSR count). The first-order valence-corrected chi connectivity index (χ1v) is 5.36. The van der Waals surface area contributed by atoms with Crippen molar-refractivity contribution in [2.24, 2.45) is 0 Å². The smallest absolute Gasteiger partial charge is 0.480 e. The third-order valence-electron chi connectivity index (χ3n) is 1.41. The summed E-state index contributed by atoms with van der Waals surface area (Å²) >= 11 is 2.56. The Bertz CT molecular complexity index is 363. The van der Waals surface area contributed by atoms with Crippen LogP contribution in [-0.4, -0.2) is 8.42 Å². The van der Waals surface area contributed by atoms with Crippen LogP contribution >= 0.6 is 16.1 Å². The second-order valence-electron chi connectivity index (χ2n) is 2.36. The number of nitrogens with zero attached hydrogens (tertiary/aromatic N) is 1. The van der Waals surface area contributed by atoms with Crippen LogP contribution in [0.5, 0.6) is 0 Å². The first-order chi connectivity index (χ1) is 5.56. The Labute approximate surface area is 129 Å². The van der Waals surface area contributed by atoms with Gasteiger partial charge in [0.25, 0.3) is 0 Å². The van der Waals surface area contributed by atoms with Crippen molar-refractivity contribution in [3.63, 3.8) is 0 Å². The Morgan fingerprint density at radius 3 is 2.08 bits per heavy atom. The summed E-state index contributed by atoms with van der Waals surface area (Å²) in [5, 5.41) is 0. The number of sulfonamides is 1. The van der Waals surface area contributed by atoms with Crippen LogP contribution in [0.2, 0.25) is 0 Å². The Balaban J connectivity index is 0.00000144. The molecule has 0 radical (unpaired) electrons. The van der Waals surface area contributed by atoms with E-state index in [1.165, 1.54) is 12.1 Å². The second-order valence-corrected chi connectivity index (χ2v) is 4.79. The molecule has 0 aromatic heterocycles. The normalized spacial score (nSPS) is 10.6. The van der Waals surface area contributed by atoms with Crippen LogP contribution in [0.15, 0.2) is 29.2 Å². The fourth-order valence-corrected chi connectivity index (χ4v) is 1.81. The van der Waals surface area contributed by atoms with Gasteiger partial charge < -0.3 is 3.75 Å². The van der Waals surface area contributed by atoms with Gasteiger partial charge in [-0.15, -0.1) is 0 Å². The monoisotopic (exact) mass is 287 g/mol. The summed E-state index contributed by atoms with van der Waals surface area (Å²) in [6.07, 6.45) is 0. The summed E-state index contributed by atoms with van der Waals surface area (Å²) in [7, 11) is -3.47. The second kappa shape index (κ2) is 5.97. The molecule has 0 fully saturated rings. The molecule has 0 amide bonds. The zero-order valence-electron chi connectivity index (χ0n) is 7.36. The molecule has 0 unspecified atom stereocenters. The van der Waals surface area contributed by atoms with Gasteiger partial charge >= 0.3 is 51.4 Å². The number of aryl methyl sites for hydroxylation is 1. The van der Waals surface area contributed by atoms with Gasteiger partial charge in [0.2, 0.25) is 0 Å². The average Bonchev–Trinajstić information content (AvgIpc) is 2.05. The molecule has 0 heterocycles. The first-order valence-electron chi connectivity index (χ1n) is 3.21. The predicted octanol–water partition coefficient (Wildman–Crippen LogP) is -0.629. The van der Waals surface area contributed by atoms with Crippen LogP contribution in [0.25, 0.3) is 3.75 Å². The van der Waals surface area contributed by atoms with Crippen LogP contribution in [-0.2, 0) is 10.0 Å². The number of rotatable bonds is 2. The maximum absolute atomic E-state index is 11.1. The van der Waals surface area contributed by atoms with E-state index in [1.807, 2.05) is 6.92 Å². The van der Waals surface area contributed by atoms with Gasteiger partial charge in [0, 0.05) is 4.90 Å². The Morgan fingerprint density at radius 2 is 1.69 bits per heavy atom. The molecule has 0 aliphatic carbocycles. The van der Waals surface area contributed by atoms with Crippen molar-refractivity contribution in [3.05, 3.63) is 33.6 Å². The molecular formula is C7H7BrKNO2S. The fourth-order valence-electron chi connectivity index (χ4n) is 0.750. The molecule has 0 saturated carbocycles. The van der Waals surface area contributed by atoms with Gasteiger partial charge in [-0.1, -0.05) is 17.7 Å². The zero-order chi connectivity index (χ0) is 9.19. The van der Waals surface area contributed by atoms with E-state index in [0.717, 1.165) is 5.56 Å². The molecule has 0 bridgehead atoms. The molecule has 0 atom stereocenters. The molecule has 1 aromatic rings. The average molecular weight is 288 g/mol. The summed E-state index contributed by atoms with van der Waals surface area (Å²) in [5.41, 5.74) is 1.02. The Kier molecular flexibility index (Phi) is 6.54.